The van der Waals surface area contributed by atoms with Crippen LogP contribution in [0.3, 0.4) is 0 Å². The molecule has 0 aliphatic heterocycles. The molecule has 1 heterocycles. The highest BCUT2D eigenvalue weighted by Crippen LogP contribution is 2.22. The van der Waals surface area contributed by atoms with E-state index in [9.17, 15) is 14.4 Å². The first-order chi connectivity index (χ1) is 16.1. The molecule has 1 aromatic heterocycles. The Morgan fingerprint density at radius 2 is 1.73 bits per heavy atom. The van der Waals surface area contributed by atoms with E-state index in [4.69, 9.17) is 4.74 Å². The molecular weight excluding hydrogens is 418 g/mol. The second-order valence-electron chi connectivity index (χ2n) is 7.50. The molecule has 166 valence electrons. The fraction of sp³-hybridized carbons (Fsp3) is 0.154. The van der Waals surface area contributed by atoms with Gasteiger partial charge in [0.2, 0.25) is 0 Å². The topological polar surface area (TPSA) is 90.3 Å². The fourth-order valence-corrected chi connectivity index (χ4v) is 3.52. The van der Waals surface area contributed by atoms with Crippen molar-refractivity contribution in [2.75, 3.05) is 11.9 Å². The Bertz CT molecular complexity index is 1310. The smallest absolute Gasteiger partial charge is 0.255 e. The molecule has 7 nitrogen and oxygen atoms in total. The lowest BCUT2D eigenvalue weighted by atomic mass is 10.0. The van der Waals surface area contributed by atoms with Crippen LogP contribution in [0.2, 0.25) is 0 Å². The number of nitrogens with zero attached hydrogens (tertiary/aromatic N) is 2. The molecule has 0 saturated carbocycles. The molecule has 0 spiro atoms. The molecule has 4 rings (SSSR count). The molecule has 0 aliphatic carbocycles. The van der Waals surface area contributed by atoms with Crippen molar-refractivity contribution in [3.63, 3.8) is 0 Å². The highest BCUT2D eigenvalue weighted by molar-refractivity contribution is 6.12. The number of carbonyl (C=O) groups excluding carboxylic acids is 3. The van der Waals surface area contributed by atoms with E-state index < -0.39 is 0 Å². The van der Waals surface area contributed by atoms with Crippen LogP contribution in [-0.2, 0) is 11.5 Å². The Morgan fingerprint density at radius 3 is 2.48 bits per heavy atom. The van der Waals surface area contributed by atoms with Crippen molar-refractivity contribution in [2.45, 2.75) is 20.1 Å². The van der Waals surface area contributed by atoms with E-state index in [0.717, 1.165) is 6.42 Å². The van der Waals surface area contributed by atoms with E-state index in [0.29, 0.717) is 51.9 Å². The maximum Gasteiger partial charge on any atom is 0.255 e. The molecular formula is C26H23N3O4. The van der Waals surface area contributed by atoms with Crippen LogP contribution in [0.25, 0.3) is 10.9 Å². The largest absolute Gasteiger partial charge is 0.359 e. The Kier molecular flexibility index (Phi) is 6.71. The quantitative estimate of drug-likeness (QED) is 0.231. The number of hydrogen-bond donors (Lipinski definition) is 1. The predicted octanol–water partition coefficient (Wildman–Crippen LogP) is 4.72. The number of aldehydes is 1. The standard InChI is InChI=1S/C26H23N3O4/c1-2-13-33-17-29-24-15-20(11-12-22(24)23(16-30)28-29)25(31)19-9-6-10-21(14-19)27-26(32)18-7-4-3-5-8-18/h3-12,14-16H,2,13,17H2,1H3,(H,27,32). The van der Waals surface area contributed by atoms with Gasteiger partial charge in [-0.15, -0.1) is 0 Å². The van der Waals surface area contributed by atoms with Crippen molar-refractivity contribution in [1.82, 2.24) is 9.78 Å². The summed E-state index contributed by atoms with van der Waals surface area (Å²) in [6, 6.07) is 20.8. The van der Waals surface area contributed by atoms with Gasteiger partial charge in [-0.3, -0.25) is 14.4 Å². The number of carbonyl (C=O) groups is 3. The zero-order valence-corrected chi connectivity index (χ0v) is 18.2. The van der Waals surface area contributed by atoms with E-state index >= 15 is 0 Å². The summed E-state index contributed by atoms with van der Waals surface area (Å²) in [6.45, 7) is 2.76. The van der Waals surface area contributed by atoms with Crippen LogP contribution in [0, 0.1) is 0 Å². The number of aromatic nitrogens is 2. The third-order valence-electron chi connectivity index (χ3n) is 5.13. The maximum atomic E-state index is 13.2. The first-order valence-corrected chi connectivity index (χ1v) is 10.7. The molecule has 1 N–H and O–H groups in total. The zero-order chi connectivity index (χ0) is 23.2. The minimum absolute atomic E-state index is 0.191. The first kappa shape index (κ1) is 22.1. The minimum atomic E-state index is -0.251. The van der Waals surface area contributed by atoms with Gasteiger partial charge in [0.15, 0.2) is 12.1 Å². The molecule has 3 aromatic carbocycles. The van der Waals surface area contributed by atoms with Gasteiger partial charge in [-0.25, -0.2) is 4.68 Å². The number of hydrogen-bond acceptors (Lipinski definition) is 5. The van der Waals surface area contributed by atoms with Crippen LogP contribution in [0.1, 0.15) is 50.1 Å². The summed E-state index contributed by atoms with van der Waals surface area (Å²) >= 11 is 0. The van der Waals surface area contributed by atoms with Crippen LogP contribution < -0.4 is 5.32 Å². The molecule has 0 unspecified atom stereocenters. The van der Waals surface area contributed by atoms with Gasteiger partial charge in [0.1, 0.15) is 12.4 Å². The van der Waals surface area contributed by atoms with Crippen molar-refractivity contribution >= 4 is 34.6 Å². The lowest BCUT2D eigenvalue weighted by Gasteiger charge is -2.08. The van der Waals surface area contributed by atoms with E-state index in [1.54, 1.807) is 71.4 Å². The molecule has 0 saturated heterocycles. The number of amides is 1. The number of nitrogens with one attached hydrogen (secondary N) is 1. The summed E-state index contributed by atoms with van der Waals surface area (Å²) in [6.07, 6.45) is 1.56. The van der Waals surface area contributed by atoms with Gasteiger partial charge < -0.3 is 10.1 Å². The second-order valence-corrected chi connectivity index (χ2v) is 7.50. The summed E-state index contributed by atoms with van der Waals surface area (Å²) in [5.74, 6) is -0.457. The van der Waals surface area contributed by atoms with Crippen molar-refractivity contribution in [3.05, 3.63) is 95.2 Å². The lowest BCUT2D eigenvalue weighted by Crippen LogP contribution is -2.12. The van der Waals surface area contributed by atoms with Gasteiger partial charge in [0.05, 0.1) is 5.52 Å². The van der Waals surface area contributed by atoms with Gasteiger partial charge in [0.25, 0.3) is 5.91 Å². The summed E-state index contributed by atoms with van der Waals surface area (Å²) in [7, 11) is 0. The number of benzene rings is 3. The van der Waals surface area contributed by atoms with Crippen LogP contribution in [0.5, 0.6) is 0 Å². The normalized spacial score (nSPS) is 10.8. The van der Waals surface area contributed by atoms with Crippen LogP contribution in [0.4, 0.5) is 5.69 Å². The Labute approximate surface area is 191 Å². The highest BCUT2D eigenvalue weighted by Gasteiger charge is 2.16. The second kappa shape index (κ2) is 10.0. The maximum absolute atomic E-state index is 13.2. The average Bonchev–Trinajstić information content (AvgIpc) is 3.21. The highest BCUT2D eigenvalue weighted by atomic mass is 16.5. The Balaban J connectivity index is 1.60. The Morgan fingerprint density at radius 1 is 0.970 bits per heavy atom. The Hall–Kier alpha value is -4.10. The third-order valence-corrected chi connectivity index (χ3v) is 5.13. The van der Waals surface area contributed by atoms with Gasteiger partial charge in [-0.2, -0.15) is 5.10 Å². The number of ether oxygens (including phenoxy) is 1. The molecule has 7 heteroatoms. The molecule has 0 atom stereocenters. The minimum Gasteiger partial charge on any atom is -0.359 e. The van der Waals surface area contributed by atoms with Crippen LogP contribution >= 0.6 is 0 Å². The van der Waals surface area contributed by atoms with Gasteiger partial charge in [-0.05, 0) is 42.8 Å². The van der Waals surface area contributed by atoms with Crippen molar-refractivity contribution in [2.24, 2.45) is 0 Å². The molecule has 33 heavy (non-hydrogen) atoms. The predicted molar refractivity (Wildman–Crippen MR) is 126 cm³/mol. The number of rotatable bonds is 9. The van der Waals surface area contributed by atoms with Crippen molar-refractivity contribution < 1.29 is 19.1 Å². The van der Waals surface area contributed by atoms with Crippen molar-refractivity contribution in [1.29, 1.82) is 0 Å². The fourth-order valence-electron chi connectivity index (χ4n) is 3.52. The monoisotopic (exact) mass is 441 g/mol. The van der Waals surface area contributed by atoms with Gasteiger partial charge in [0, 0.05) is 34.4 Å². The number of fused-ring (bicyclic) bond motifs is 1. The summed E-state index contributed by atoms with van der Waals surface area (Å²) in [4.78, 5) is 37.1. The summed E-state index contributed by atoms with van der Waals surface area (Å²) in [5.41, 5.74) is 2.89. The van der Waals surface area contributed by atoms with Crippen LogP contribution in [0.15, 0.2) is 72.8 Å². The van der Waals surface area contributed by atoms with Crippen molar-refractivity contribution in [3.8, 4) is 0 Å². The van der Waals surface area contributed by atoms with E-state index in [2.05, 4.69) is 10.4 Å². The number of anilines is 1. The SMILES string of the molecule is CCCOCn1nc(C=O)c2ccc(C(=O)c3cccc(NC(=O)c4ccccc4)c3)cc21. The van der Waals surface area contributed by atoms with E-state index in [1.807, 2.05) is 13.0 Å². The zero-order valence-electron chi connectivity index (χ0n) is 18.2. The average molecular weight is 441 g/mol. The molecule has 1 amide bonds. The molecule has 0 fully saturated rings. The molecule has 0 radical (unpaired) electrons. The summed E-state index contributed by atoms with van der Waals surface area (Å²) in [5, 5.41) is 7.77. The number of ketones is 1. The molecule has 4 aromatic rings. The van der Waals surface area contributed by atoms with Gasteiger partial charge in [-0.1, -0.05) is 43.3 Å². The van der Waals surface area contributed by atoms with E-state index in [1.165, 1.54) is 0 Å². The molecule has 0 bridgehead atoms. The van der Waals surface area contributed by atoms with E-state index in [-0.39, 0.29) is 18.4 Å². The van der Waals surface area contributed by atoms with Crippen LogP contribution in [-0.4, -0.2) is 34.4 Å². The third kappa shape index (κ3) is 4.88. The van der Waals surface area contributed by atoms with Gasteiger partial charge >= 0.3 is 0 Å². The first-order valence-electron chi connectivity index (χ1n) is 10.7. The molecule has 0 aliphatic rings. The lowest BCUT2D eigenvalue weighted by molar-refractivity contribution is 0.0719. The summed E-state index contributed by atoms with van der Waals surface area (Å²) < 4.78 is 7.15.